The van der Waals surface area contributed by atoms with Gasteiger partial charge in [-0.15, -0.1) is 0 Å². The molecule has 0 bridgehead atoms. The van der Waals surface area contributed by atoms with Crippen LogP contribution in [0.1, 0.15) is 18.4 Å². The molecule has 1 aliphatic rings. The molecule has 1 fully saturated rings. The number of para-hydroxylation sites is 1. The summed E-state index contributed by atoms with van der Waals surface area (Å²) in [7, 11) is -1.75. The van der Waals surface area contributed by atoms with Gasteiger partial charge in [0.2, 0.25) is 0 Å². The fraction of sp³-hybridized carbons (Fsp3) is 0.294. The first-order chi connectivity index (χ1) is 10.7. The van der Waals surface area contributed by atoms with Gasteiger partial charge in [-0.3, -0.25) is 0 Å². The molecule has 1 heterocycles. The van der Waals surface area contributed by atoms with Crippen LogP contribution in [0.2, 0.25) is 0 Å². The van der Waals surface area contributed by atoms with Gasteiger partial charge in [-0.05, 0) is 30.5 Å². The third-order valence-electron chi connectivity index (χ3n) is 4.34. The number of nitrogens with zero attached hydrogens (tertiary/aromatic N) is 1. The van der Waals surface area contributed by atoms with Crippen molar-refractivity contribution in [3.8, 4) is 0 Å². The van der Waals surface area contributed by atoms with Crippen LogP contribution < -0.4 is 4.90 Å². The first-order valence-corrected chi connectivity index (χ1v) is 7.58. The summed E-state index contributed by atoms with van der Waals surface area (Å²) < 4.78 is 5.20. The molecule has 0 aromatic heterocycles. The van der Waals surface area contributed by atoms with Crippen LogP contribution in [0.5, 0.6) is 0 Å². The van der Waals surface area contributed by atoms with E-state index in [0.29, 0.717) is 0 Å². The lowest BCUT2D eigenvalue weighted by molar-refractivity contribution is 0.140. The van der Waals surface area contributed by atoms with Gasteiger partial charge in [-0.1, -0.05) is 48.5 Å². The van der Waals surface area contributed by atoms with E-state index in [9.17, 15) is 0 Å². The fourth-order valence-corrected chi connectivity index (χ4v) is 3.36. The van der Waals surface area contributed by atoms with Crippen molar-refractivity contribution in [3.05, 3.63) is 66.2 Å². The molecule has 2 N–H and O–H groups in total. The maximum absolute atomic E-state index is 9.15. The Hall–Kier alpha value is -1.82. The molecule has 1 atom stereocenters. The van der Waals surface area contributed by atoms with E-state index in [1.165, 1.54) is 0 Å². The Morgan fingerprint density at radius 1 is 1.00 bits per heavy atom. The van der Waals surface area contributed by atoms with E-state index in [1.807, 2.05) is 36.4 Å². The summed E-state index contributed by atoms with van der Waals surface area (Å²) >= 11 is 0. The Morgan fingerprint density at radius 2 is 1.64 bits per heavy atom. The van der Waals surface area contributed by atoms with E-state index >= 15 is 0 Å². The van der Waals surface area contributed by atoms with Crippen LogP contribution in [-0.4, -0.2) is 30.5 Å². The van der Waals surface area contributed by atoms with Gasteiger partial charge in [-0.25, -0.2) is 0 Å². The summed E-state index contributed by atoms with van der Waals surface area (Å²) in [5.74, 6) is 0. The molecule has 0 amide bonds. The van der Waals surface area contributed by atoms with Crippen molar-refractivity contribution in [2.45, 2.75) is 18.4 Å². The first-order valence-electron chi connectivity index (χ1n) is 7.58. The van der Waals surface area contributed by atoms with Crippen molar-refractivity contribution in [1.29, 1.82) is 0 Å². The zero-order valence-corrected chi connectivity index (χ0v) is 12.4. The molecular formula is C17H20BNO3. The third-order valence-corrected chi connectivity index (χ3v) is 4.34. The highest BCUT2D eigenvalue weighted by molar-refractivity contribution is 6.32. The molecule has 5 heteroatoms. The van der Waals surface area contributed by atoms with Crippen LogP contribution in [0.3, 0.4) is 0 Å². The summed E-state index contributed by atoms with van der Waals surface area (Å²) in [6, 6.07) is 20.4. The van der Waals surface area contributed by atoms with Crippen LogP contribution in [0.25, 0.3) is 0 Å². The highest BCUT2D eigenvalue weighted by atomic mass is 16.6. The second kappa shape index (κ2) is 6.52. The van der Waals surface area contributed by atoms with Gasteiger partial charge < -0.3 is 19.6 Å². The van der Waals surface area contributed by atoms with Crippen LogP contribution in [-0.2, 0) is 10.2 Å². The van der Waals surface area contributed by atoms with Crippen LogP contribution in [0.4, 0.5) is 5.69 Å². The van der Waals surface area contributed by atoms with E-state index < -0.39 is 7.32 Å². The lowest BCUT2D eigenvalue weighted by Gasteiger charge is -2.40. The molecule has 0 saturated carbocycles. The van der Waals surface area contributed by atoms with Crippen molar-refractivity contribution in [2.24, 2.45) is 0 Å². The highest BCUT2D eigenvalue weighted by Crippen LogP contribution is 2.42. The highest BCUT2D eigenvalue weighted by Gasteiger charge is 2.43. The molecule has 0 spiro atoms. The summed E-state index contributed by atoms with van der Waals surface area (Å²) in [5, 5.41) is 18.3. The van der Waals surface area contributed by atoms with Crippen molar-refractivity contribution in [1.82, 2.24) is 0 Å². The van der Waals surface area contributed by atoms with Gasteiger partial charge >= 0.3 is 7.32 Å². The predicted octanol–water partition coefficient (Wildman–Crippen LogP) is 2.17. The SMILES string of the molecule is OB(O)OC[C@]1(c2ccccc2)CCCN1c1ccccc1. The van der Waals surface area contributed by atoms with Gasteiger partial charge in [0, 0.05) is 12.2 Å². The van der Waals surface area contributed by atoms with E-state index in [2.05, 4.69) is 29.2 Å². The Labute approximate surface area is 131 Å². The van der Waals surface area contributed by atoms with E-state index in [-0.39, 0.29) is 12.1 Å². The second-order valence-electron chi connectivity index (χ2n) is 5.63. The smallest absolute Gasteiger partial charge is 0.402 e. The number of rotatable bonds is 5. The quantitative estimate of drug-likeness (QED) is 0.831. The summed E-state index contributed by atoms with van der Waals surface area (Å²) in [5.41, 5.74) is 1.89. The summed E-state index contributed by atoms with van der Waals surface area (Å²) in [6.45, 7) is 1.16. The standard InChI is InChI=1S/C17H20BNO3/c20-18(21)22-14-17(15-8-3-1-4-9-15)12-7-13-19(17)16-10-5-2-6-11-16/h1-6,8-11,20-21H,7,12-14H2/t17-/m0/s1. The van der Waals surface area contributed by atoms with Crippen molar-refractivity contribution in [3.63, 3.8) is 0 Å². The van der Waals surface area contributed by atoms with E-state index in [4.69, 9.17) is 14.7 Å². The molecule has 4 nitrogen and oxygen atoms in total. The van der Waals surface area contributed by atoms with Gasteiger partial charge in [0.05, 0.1) is 12.1 Å². The number of anilines is 1. The minimum Gasteiger partial charge on any atom is -0.402 e. The Morgan fingerprint density at radius 3 is 2.27 bits per heavy atom. The Kier molecular flexibility index (Phi) is 4.48. The van der Waals surface area contributed by atoms with Crippen LogP contribution in [0, 0.1) is 0 Å². The normalized spacial score (nSPS) is 21.1. The minimum atomic E-state index is -1.75. The molecule has 1 saturated heterocycles. The molecule has 2 aromatic rings. The number of hydrogen-bond donors (Lipinski definition) is 2. The molecule has 1 aliphatic heterocycles. The molecule has 0 radical (unpaired) electrons. The molecular weight excluding hydrogens is 277 g/mol. The zero-order chi connectivity index (χ0) is 15.4. The van der Waals surface area contributed by atoms with Gasteiger partial charge in [0.25, 0.3) is 0 Å². The maximum Gasteiger partial charge on any atom is 0.633 e. The predicted molar refractivity (Wildman–Crippen MR) is 87.3 cm³/mol. The van der Waals surface area contributed by atoms with Gasteiger partial charge in [0.15, 0.2) is 0 Å². The van der Waals surface area contributed by atoms with Crippen LogP contribution in [0.15, 0.2) is 60.7 Å². The second-order valence-corrected chi connectivity index (χ2v) is 5.63. The summed E-state index contributed by atoms with van der Waals surface area (Å²) in [6.07, 6.45) is 1.95. The first kappa shape index (κ1) is 15.1. The van der Waals surface area contributed by atoms with E-state index in [1.54, 1.807) is 0 Å². The minimum absolute atomic E-state index is 0.240. The van der Waals surface area contributed by atoms with Gasteiger partial charge in [-0.2, -0.15) is 0 Å². The molecule has 22 heavy (non-hydrogen) atoms. The summed E-state index contributed by atoms with van der Waals surface area (Å²) in [4.78, 5) is 2.31. The number of benzene rings is 2. The van der Waals surface area contributed by atoms with Crippen molar-refractivity contribution < 1.29 is 14.7 Å². The van der Waals surface area contributed by atoms with Crippen LogP contribution >= 0.6 is 0 Å². The molecule has 0 unspecified atom stereocenters. The Bertz CT molecular complexity index is 593. The number of hydrogen-bond acceptors (Lipinski definition) is 4. The average molecular weight is 297 g/mol. The zero-order valence-electron chi connectivity index (χ0n) is 12.4. The topological polar surface area (TPSA) is 52.9 Å². The maximum atomic E-state index is 9.15. The molecule has 2 aromatic carbocycles. The Balaban J connectivity index is 2.00. The van der Waals surface area contributed by atoms with Gasteiger partial charge in [0.1, 0.15) is 0 Å². The van der Waals surface area contributed by atoms with Crippen molar-refractivity contribution >= 4 is 13.0 Å². The monoisotopic (exact) mass is 297 g/mol. The largest absolute Gasteiger partial charge is 0.633 e. The van der Waals surface area contributed by atoms with E-state index in [0.717, 1.165) is 30.6 Å². The fourth-order valence-electron chi connectivity index (χ4n) is 3.36. The average Bonchev–Trinajstić information content (AvgIpc) is 3.00. The lowest BCUT2D eigenvalue weighted by atomic mass is 9.87. The molecule has 114 valence electrons. The van der Waals surface area contributed by atoms with Crippen molar-refractivity contribution in [2.75, 3.05) is 18.1 Å². The third kappa shape index (κ3) is 2.88. The molecule has 3 rings (SSSR count). The lowest BCUT2D eigenvalue weighted by Crippen LogP contribution is -2.46. The molecule has 0 aliphatic carbocycles.